The van der Waals surface area contributed by atoms with Crippen molar-refractivity contribution < 1.29 is 4.79 Å². The number of benzene rings is 2. The van der Waals surface area contributed by atoms with Crippen LogP contribution in [0.1, 0.15) is 6.42 Å². The Bertz CT molecular complexity index is 576. The van der Waals surface area contributed by atoms with Crippen LogP contribution < -0.4 is 4.90 Å². The van der Waals surface area contributed by atoms with Crippen LogP contribution in [0.4, 0.5) is 5.69 Å². The molecule has 1 atom stereocenters. The Hall–Kier alpha value is -1.35. The molecule has 1 saturated heterocycles. The standard InChI is InChI=1S/C14H12BrNO/c15-12-8-9-16(14(12)17)13-7-3-5-10-4-1-2-6-11(10)13/h1-7,12H,8-9H2. The molecule has 1 fully saturated rings. The molecular weight excluding hydrogens is 278 g/mol. The number of carbonyl (C=O) groups is 1. The third kappa shape index (κ3) is 1.75. The summed E-state index contributed by atoms with van der Waals surface area (Å²) in [6.45, 7) is 0.794. The maximum absolute atomic E-state index is 12.0. The van der Waals surface area contributed by atoms with E-state index in [2.05, 4.69) is 34.1 Å². The second kappa shape index (κ2) is 4.15. The van der Waals surface area contributed by atoms with Gasteiger partial charge in [-0.1, -0.05) is 52.3 Å². The fourth-order valence-electron chi connectivity index (χ4n) is 2.33. The molecule has 1 amide bonds. The fourth-order valence-corrected chi connectivity index (χ4v) is 2.78. The molecule has 0 aliphatic carbocycles. The van der Waals surface area contributed by atoms with Crippen molar-refractivity contribution in [1.29, 1.82) is 0 Å². The number of nitrogens with zero attached hydrogens (tertiary/aromatic N) is 1. The van der Waals surface area contributed by atoms with Crippen LogP contribution in [-0.4, -0.2) is 17.3 Å². The van der Waals surface area contributed by atoms with E-state index in [1.54, 1.807) is 0 Å². The number of hydrogen-bond donors (Lipinski definition) is 0. The van der Waals surface area contributed by atoms with Crippen molar-refractivity contribution in [1.82, 2.24) is 0 Å². The molecule has 0 aromatic heterocycles. The van der Waals surface area contributed by atoms with E-state index in [-0.39, 0.29) is 10.7 Å². The lowest BCUT2D eigenvalue weighted by Gasteiger charge is -2.18. The van der Waals surface area contributed by atoms with Crippen molar-refractivity contribution in [2.24, 2.45) is 0 Å². The van der Waals surface area contributed by atoms with Gasteiger partial charge in [-0.2, -0.15) is 0 Å². The predicted octanol–water partition coefficient (Wildman–Crippen LogP) is 3.34. The molecule has 3 heteroatoms. The zero-order chi connectivity index (χ0) is 11.8. The molecule has 0 bridgehead atoms. The van der Waals surface area contributed by atoms with Gasteiger partial charge in [0.15, 0.2) is 0 Å². The number of carbonyl (C=O) groups excluding carboxylic acids is 1. The highest BCUT2D eigenvalue weighted by molar-refractivity contribution is 9.10. The van der Waals surface area contributed by atoms with Gasteiger partial charge in [0.05, 0.1) is 10.5 Å². The van der Waals surface area contributed by atoms with Gasteiger partial charge in [0.1, 0.15) is 0 Å². The Morgan fingerprint density at radius 2 is 1.88 bits per heavy atom. The average molecular weight is 290 g/mol. The molecule has 1 aliphatic heterocycles. The lowest BCUT2D eigenvalue weighted by molar-refractivity contribution is -0.116. The van der Waals surface area contributed by atoms with Crippen LogP contribution >= 0.6 is 15.9 Å². The predicted molar refractivity (Wildman–Crippen MR) is 73.6 cm³/mol. The Labute approximate surface area is 108 Å². The number of rotatable bonds is 1. The molecule has 0 N–H and O–H groups in total. The molecule has 3 rings (SSSR count). The minimum Gasteiger partial charge on any atom is -0.311 e. The monoisotopic (exact) mass is 289 g/mol. The third-order valence-electron chi connectivity index (χ3n) is 3.20. The van der Waals surface area contributed by atoms with E-state index in [9.17, 15) is 4.79 Å². The van der Waals surface area contributed by atoms with Crippen molar-refractivity contribution in [2.75, 3.05) is 11.4 Å². The van der Waals surface area contributed by atoms with E-state index < -0.39 is 0 Å². The van der Waals surface area contributed by atoms with Gasteiger partial charge in [0.25, 0.3) is 0 Å². The lowest BCUT2D eigenvalue weighted by Crippen LogP contribution is -2.27. The summed E-state index contributed by atoms with van der Waals surface area (Å²) in [4.78, 5) is 13.9. The zero-order valence-electron chi connectivity index (χ0n) is 9.27. The number of anilines is 1. The average Bonchev–Trinajstić information content (AvgIpc) is 2.69. The SMILES string of the molecule is O=C1C(Br)CCN1c1cccc2ccccc12. The fraction of sp³-hybridized carbons (Fsp3) is 0.214. The Kier molecular flexibility index (Phi) is 2.63. The highest BCUT2D eigenvalue weighted by atomic mass is 79.9. The van der Waals surface area contributed by atoms with Crippen LogP contribution in [0.3, 0.4) is 0 Å². The van der Waals surface area contributed by atoms with Gasteiger partial charge in [0.2, 0.25) is 5.91 Å². The summed E-state index contributed by atoms with van der Waals surface area (Å²) in [5.41, 5.74) is 1.02. The van der Waals surface area contributed by atoms with Crippen LogP contribution in [0.5, 0.6) is 0 Å². The van der Waals surface area contributed by atoms with Crippen LogP contribution in [0.2, 0.25) is 0 Å². The number of amides is 1. The second-order valence-electron chi connectivity index (χ2n) is 4.24. The highest BCUT2D eigenvalue weighted by Crippen LogP contribution is 2.31. The van der Waals surface area contributed by atoms with Gasteiger partial charge in [-0.05, 0) is 17.9 Å². The van der Waals surface area contributed by atoms with Gasteiger partial charge in [-0.3, -0.25) is 4.79 Å². The highest BCUT2D eigenvalue weighted by Gasteiger charge is 2.30. The molecule has 1 heterocycles. The molecular formula is C14H12BrNO. The van der Waals surface area contributed by atoms with Gasteiger partial charge < -0.3 is 4.90 Å². The summed E-state index contributed by atoms with van der Waals surface area (Å²) < 4.78 is 0. The van der Waals surface area contributed by atoms with E-state index in [0.717, 1.165) is 24.0 Å². The molecule has 17 heavy (non-hydrogen) atoms. The van der Waals surface area contributed by atoms with Gasteiger partial charge >= 0.3 is 0 Å². The van der Waals surface area contributed by atoms with Crippen molar-refractivity contribution in [3.63, 3.8) is 0 Å². The Morgan fingerprint density at radius 3 is 2.65 bits per heavy atom. The summed E-state index contributed by atoms with van der Waals surface area (Å²) in [5, 5.41) is 2.32. The van der Waals surface area contributed by atoms with Crippen molar-refractivity contribution in [2.45, 2.75) is 11.2 Å². The summed E-state index contributed by atoms with van der Waals surface area (Å²) >= 11 is 3.41. The largest absolute Gasteiger partial charge is 0.311 e. The second-order valence-corrected chi connectivity index (χ2v) is 5.35. The topological polar surface area (TPSA) is 20.3 Å². The summed E-state index contributed by atoms with van der Waals surface area (Å²) in [5.74, 6) is 0.168. The molecule has 0 radical (unpaired) electrons. The van der Waals surface area contributed by atoms with Crippen molar-refractivity contribution in [3.05, 3.63) is 42.5 Å². The summed E-state index contributed by atoms with van der Waals surface area (Å²) in [7, 11) is 0. The number of alkyl halides is 1. The van der Waals surface area contributed by atoms with E-state index in [4.69, 9.17) is 0 Å². The Balaban J connectivity index is 2.15. The molecule has 2 aromatic carbocycles. The molecule has 2 nitrogen and oxygen atoms in total. The van der Waals surface area contributed by atoms with E-state index in [1.165, 1.54) is 5.39 Å². The number of fused-ring (bicyclic) bond motifs is 1. The molecule has 0 saturated carbocycles. The van der Waals surface area contributed by atoms with Gasteiger partial charge in [-0.15, -0.1) is 0 Å². The first-order valence-electron chi connectivity index (χ1n) is 5.70. The van der Waals surface area contributed by atoms with Crippen LogP contribution in [0.15, 0.2) is 42.5 Å². The third-order valence-corrected chi connectivity index (χ3v) is 4.05. The lowest BCUT2D eigenvalue weighted by atomic mass is 10.1. The first kappa shape index (κ1) is 10.8. The molecule has 1 aliphatic rings. The first-order valence-corrected chi connectivity index (χ1v) is 6.62. The normalized spacial score (nSPS) is 20.2. The van der Waals surface area contributed by atoms with Crippen LogP contribution in [0.25, 0.3) is 10.8 Å². The molecule has 2 aromatic rings. The maximum Gasteiger partial charge on any atom is 0.240 e. The first-order chi connectivity index (χ1) is 8.27. The quantitative estimate of drug-likeness (QED) is 0.738. The minimum absolute atomic E-state index is 0.0264. The van der Waals surface area contributed by atoms with Crippen LogP contribution in [-0.2, 0) is 4.79 Å². The van der Waals surface area contributed by atoms with E-state index >= 15 is 0 Å². The van der Waals surface area contributed by atoms with E-state index in [0.29, 0.717) is 0 Å². The van der Waals surface area contributed by atoms with Crippen molar-refractivity contribution in [3.8, 4) is 0 Å². The minimum atomic E-state index is -0.0264. The van der Waals surface area contributed by atoms with Gasteiger partial charge in [0, 0.05) is 11.9 Å². The maximum atomic E-state index is 12.0. The molecule has 86 valence electrons. The van der Waals surface area contributed by atoms with E-state index in [1.807, 2.05) is 29.2 Å². The summed E-state index contributed by atoms with van der Waals surface area (Å²) in [6.07, 6.45) is 0.877. The molecule has 1 unspecified atom stereocenters. The zero-order valence-corrected chi connectivity index (χ0v) is 10.9. The van der Waals surface area contributed by atoms with Crippen LogP contribution in [0, 0.1) is 0 Å². The molecule has 0 spiro atoms. The van der Waals surface area contributed by atoms with Gasteiger partial charge in [-0.25, -0.2) is 0 Å². The summed E-state index contributed by atoms with van der Waals surface area (Å²) in [6, 6.07) is 14.3. The number of halogens is 1. The number of hydrogen-bond acceptors (Lipinski definition) is 1. The van der Waals surface area contributed by atoms with Crippen molar-refractivity contribution >= 4 is 38.3 Å². The smallest absolute Gasteiger partial charge is 0.240 e. The Morgan fingerprint density at radius 1 is 1.12 bits per heavy atom.